The lowest BCUT2D eigenvalue weighted by Crippen LogP contribution is -2.36. The zero-order valence-corrected chi connectivity index (χ0v) is 22.4. The molecule has 1 N–H and O–H groups in total. The van der Waals surface area contributed by atoms with Gasteiger partial charge in [-0.05, 0) is 71.9 Å². The molecule has 0 aliphatic carbocycles. The summed E-state index contributed by atoms with van der Waals surface area (Å²) in [5.74, 6) is -0.161. The molecule has 1 saturated heterocycles. The van der Waals surface area contributed by atoms with E-state index >= 15 is 0 Å². The largest absolute Gasteiger partial charge is 0.493 e. The molecule has 7 nitrogen and oxygen atoms in total. The molecule has 0 atom stereocenters. The van der Waals surface area contributed by atoms with Crippen LogP contribution in [0.2, 0.25) is 15.1 Å². The van der Waals surface area contributed by atoms with Gasteiger partial charge in [-0.25, -0.2) is 0 Å². The van der Waals surface area contributed by atoms with Crippen LogP contribution in [0.5, 0.6) is 11.5 Å². The number of hydrogen-bond acceptors (Lipinski definition) is 6. The molecule has 190 valence electrons. The number of methoxy groups -OCH3 is 1. The number of ether oxygens (including phenoxy) is 2. The number of imide groups is 1. The van der Waals surface area contributed by atoms with Gasteiger partial charge in [-0.2, -0.15) is 0 Å². The van der Waals surface area contributed by atoms with E-state index in [-0.39, 0.29) is 11.5 Å². The van der Waals surface area contributed by atoms with E-state index in [1.54, 1.807) is 66.7 Å². The van der Waals surface area contributed by atoms with Crippen molar-refractivity contribution in [2.75, 3.05) is 19.0 Å². The fraction of sp³-hybridized carbons (Fsp3) is 0.115. The number of halogens is 3. The number of nitrogens with zero attached hydrogens (tertiary/aromatic N) is 1. The smallest absolute Gasteiger partial charge is 0.294 e. The second kappa shape index (κ2) is 11.9. The number of anilines is 1. The molecular weight excluding hydrogens is 559 g/mol. The first-order valence-electron chi connectivity index (χ1n) is 10.8. The van der Waals surface area contributed by atoms with Gasteiger partial charge in [0.05, 0.1) is 12.0 Å². The maximum absolute atomic E-state index is 12.8. The third-order valence-corrected chi connectivity index (χ3v) is 6.93. The van der Waals surface area contributed by atoms with Crippen LogP contribution in [-0.4, -0.2) is 35.6 Å². The number of hydrogen-bond donors (Lipinski definition) is 1. The molecule has 3 amide bonds. The lowest BCUT2D eigenvalue weighted by molar-refractivity contribution is -0.127. The van der Waals surface area contributed by atoms with Gasteiger partial charge in [0.1, 0.15) is 13.2 Å². The van der Waals surface area contributed by atoms with Gasteiger partial charge in [0.15, 0.2) is 11.5 Å². The predicted molar refractivity (Wildman–Crippen MR) is 147 cm³/mol. The SMILES string of the molecule is COc1cc(/C=C2/SC(=O)N(CC(=O)Nc3ccc(Cl)cc3)C2=O)ccc1OCc1ccc(Cl)cc1Cl. The zero-order valence-electron chi connectivity index (χ0n) is 19.3. The van der Waals surface area contributed by atoms with Crippen LogP contribution in [0, 0.1) is 0 Å². The lowest BCUT2D eigenvalue weighted by atomic mass is 10.1. The van der Waals surface area contributed by atoms with Crippen LogP contribution < -0.4 is 14.8 Å². The van der Waals surface area contributed by atoms with Crippen LogP contribution in [0.25, 0.3) is 6.08 Å². The summed E-state index contributed by atoms with van der Waals surface area (Å²) in [6.45, 7) is -0.212. The van der Waals surface area contributed by atoms with E-state index in [0.717, 1.165) is 22.2 Å². The molecule has 0 radical (unpaired) electrons. The number of carbonyl (C=O) groups excluding carboxylic acids is 3. The highest BCUT2D eigenvalue weighted by Crippen LogP contribution is 2.35. The fourth-order valence-corrected chi connectivity index (χ4v) is 4.78. The summed E-state index contributed by atoms with van der Waals surface area (Å²) in [4.78, 5) is 38.7. The predicted octanol–water partition coefficient (Wildman–Crippen LogP) is 6.91. The van der Waals surface area contributed by atoms with Crippen molar-refractivity contribution in [1.82, 2.24) is 4.90 Å². The van der Waals surface area contributed by atoms with Crippen molar-refractivity contribution in [3.05, 3.63) is 91.8 Å². The average Bonchev–Trinajstić information content (AvgIpc) is 3.12. The highest BCUT2D eigenvalue weighted by atomic mass is 35.5. The summed E-state index contributed by atoms with van der Waals surface area (Å²) in [7, 11) is 1.49. The Morgan fingerprint density at radius 3 is 2.41 bits per heavy atom. The van der Waals surface area contributed by atoms with E-state index in [1.165, 1.54) is 7.11 Å². The molecule has 0 unspecified atom stereocenters. The van der Waals surface area contributed by atoms with Crippen molar-refractivity contribution < 1.29 is 23.9 Å². The molecule has 4 rings (SSSR count). The quantitative estimate of drug-likeness (QED) is 0.293. The first-order chi connectivity index (χ1) is 17.7. The van der Waals surface area contributed by atoms with Crippen LogP contribution in [0.1, 0.15) is 11.1 Å². The molecule has 3 aromatic rings. The monoisotopic (exact) mass is 576 g/mol. The number of amides is 3. The Balaban J connectivity index is 1.43. The molecule has 3 aromatic carbocycles. The molecule has 1 aliphatic heterocycles. The van der Waals surface area contributed by atoms with E-state index in [2.05, 4.69) is 5.32 Å². The topological polar surface area (TPSA) is 84.9 Å². The number of nitrogens with one attached hydrogen (secondary N) is 1. The number of thioether (sulfide) groups is 1. The standard InChI is InChI=1S/C26H19Cl3N2O5S/c1-35-22-10-15(2-9-21(22)36-14-16-3-4-18(28)12-20(16)29)11-23-25(33)31(26(34)37-23)13-24(32)30-19-7-5-17(27)6-8-19/h2-12H,13-14H2,1H3,(H,30,32)/b23-11+. The highest BCUT2D eigenvalue weighted by molar-refractivity contribution is 8.18. The van der Waals surface area contributed by atoms with Crippen molar-refractivity contribution in [3.63, 3.8) is 0 Å². The Kier molecular flexibility index (Phi) is 8.66. The molecule has 1 heterocycles. The summed E-state index contributed by atoms with van der Waals surface area (Å²) in [6, 6.07) is 16.7. The van der Waals surface area contributed by atoms with Crippen LogP contribution in [0.15, 0.2) is 65.6 Å². The van der Waals surface area contributed by atoms with Gasteiger partial charge in [0, 0.05) is 26.3 Å². The molecule has 1 fully saturated rings. The van der Waals surface area contributed by atoms with Gasteiger partial charge in [0.2, 0.25) is 5.91 Å². The average molecular weight is 578 g/mol. The minimum atomic E-state index is -0.557. The fourth-order valence-electron chi connectivity index (χ4n) is 3.35. The normalized spacial score (nSPS) is 14.3. The van der Waals surface area contributed by atoms with Crippen molar-refractivity contribution in [2.45, 2.75) is 6.61 Å². The van der Waals surface area contributed by atoms with E-state index in [0.29, 0.717) is 37.8 Å². The molecule has 0 bridgehead atoms. The summed E-state index contributed by atoms with van der Waals surface area (Å²) in [5, 5.41) is 3.64. The molecule has 0 saturated carbocycles. The molecule has 37 heavy (non-hydrogen) atoms. The van der Waals surface area contributed by atoms with E-state index in [9.17, 15) is 14.4 Å². The molecule has 11 heteroatoms. The molecule has 0 aromatic heterocycles. The van der Waals surface area contributed by atoms with Gasteiger partial charge in [-0.15, -0.1) is 0 Å². The Bertz CT molecular complexity index is 1400. The van der Waals surface area contributed by atoms with Gasteiger partial charge in [-0.3, -0.25) is 19.3 Å². The third-order valence-electron chi connectivity index (χ3n) is 5.19. The minimum absolute atomic E-state index is 0.188. The summed E-state index contributed by atoms with van der Waals surface area (Å²) in [5.41, 5.74) is 1.88. The van der Waals surface area contributed by atoms with Crippen LogP contribution in [0.4, 0.5) is 10.5 Å². The van der Waals surface area contributed by atoms with E-state index in [1.807, 2.05) is 0 Å². The van der Waals surface area contributed by atoms with Gasteiger partial charge < -0.3 is 14.8 Å². The number of carbonyl (C=O) groups is 3. The Morgan fingerprint density at radius 2 is 1.70 bits per heavy atom. The van der Waals surface area contributed by atoms with Crippen molar-refractivity contribution in [2.24, 2.45) is 0 Å². The summed E-state index contributed by atoms with van der Waals surface area (Å²) >= 11 is 18.7. The van der Waals surface area contributed by atoms with Gasteiger partial charge in [-0.1, -0.05) is 46.9 Å². The van der Waals surface area contributed by atoms with Gasteiger partial charge >= 0.3 is 0 Å². The minimum Gasteiger partial charge on any atom is -0.493 e. The second-order valence-corrected chi connectivity index (χ2v) is 10.0. The second-order valence-electron chi connectivity index (χ2n) is 7.76. The number of benzene rings is 3. The maximum Gasteiger partial charge on any atom is 0.294 e. The van der Waals surface area contributed by atoms with E-state index < -0.39 is 23.6 Å². The Labute approximate surface area is 232 Å². The Hall–Kier alpha value is -3.17. The van der Waals surface area contributed by atoms with Crippen LogP contribution in [-0.2, 0) is 16.2 Å². The van der Waals surface area contributed by atoms with Crippen LogP contribution >= 0.6 is 46.6 Å². The lowest BCUT2D eigenvalue weighted by Gasteiger charge is -2.13. The molecule has 0 spiro atoms. The van der Waals surface area contributed by atoms with Gasteiger partial charge in [0.25, 0.3) is 11.1 Å². The summed E-state index contributed by atoms with van der Waals surface area (Å²) < 4.78 is 11.3. The number of rotatable bonds is 8. The summed E-state index contributed by atoms with van der Waals surface area (Å²) in [6.07, 6.45) is 1.56. The van der Waals surface area contributed by atoms with E-state index in [4.69, 9.17) is 44.3 Å². The third kappa shape index (κ3) is 6.78. The highest BCUT2D eigenvalue weighted by Gasteiger charge is 2.36. The maximum atomic E-state index is 12.8. The first-order valence-corrected chi connectivity index (χ1v) is 12.7. The van der Waals surface area contributed by atoms with Crippen LogP contribution in [0.3, 0.4) is 0 Å². The first kappa shape index (κ1) is 26.9. The van der Waals surface area contributed by atoms with Crippen molar-refractivity contribution in [1.29, 1.82) is 0 Å². The Morgan fingerprint density at radius 1 is 0.973 bits per heavy atom. The molecule has 1 aliphatic rings. The van der Waals surface area contributed by atoms with Crippen molar-refractivity contribution in [3.8, 4) is 11.5 Å². The van der Waals surface area contributed by atoms with Crippen molar-refractivity contribution >= 4 is 75.4 Å². The zero-order chi connectivity index (χ0) is 26.5. The molecular formula is C26H19Cl3N2O5S.